The summed E-state index contributed by atoms with van der Waals surface area (Å²) in [5.41, 5.74) is 3.53. The topological polar surface area (TPSA) is 61.8 Å². The lowest BCUT2D eigenvalue weighted by Gasteiger charge is -2.22. The van der Waals surface area contributed by atoms with Crippen molar-refractivity contribution in [1.82, 2.24) is 10.2 Å². The lowest BCUT2D eigenvalue weighted by atomic mass is 9.88. The maximum Gasteiger partial charge on any atom is 0.412 e. The molecule has 0 radical (unpaired) electrons. The molecule has 2 aromatic rings. The highest BCUT2D eigenvalue weighted by Crippen LogP contribution is 2.37. The second-order valence-corrected chi connectivity index (χ2v) is 6.90. The second-order valence-electron chi connectivity index (χ2n) is 6.50. The van der Waals surface area contributed by atoms with Crippen molar-refractivity contribution < 1.29 is 14.6 Å². The van der Waals surface area contributed by atoms with E-state index in [1.807, 2.05) is 30.3 Å². The molecular formula is C20H23ClN2O3. The molecular weight excluding hydrogens is 352 g/mol. The van der Waals surface area contributed by atoms with Gasteiger partial charge in [-0.15, -0.1) is 0 Å². The molecule has 0 spiro atoms. The minimum absolute atomic E-state index is 0.138. The summed E-state index contributed by atoms with van der Waals surface area (Å²) in [4.78, 5) is 14.2. The third-order valence-electron chi connectivity index (χ3n) is 4.61. The molecule has 26 heavy (non-hydrogen) atoms. The van der Waals surface area contributed by atoms with Gasteiger partial charge in [0.1, 0.15) is 0 Å². The molecule has 1 aliphatic rings. The number of hydrogen-bond acceptors (Lipinski definition) is 4. The van der Waals surface area contributed by atoms with Crippen LogP contribution in [-0.4, -0.2) is 49.4 Å². The van der Waals surface area contributed by atoms with Gasteiger partial charge in [-0.2, -0.15) is 0 Å². The lowest BCUT2D eigenvalue weighted by Crippen LogP contribution is -2.29. The van der Waals surface area contributed by atoms with Crippen molar-refractivity contribution in [2.75, 3.05) is 33.3 Å². The van der Waals surface area contributed by atoms with Crippen molar-refractivity contribution in [2.24, 2.45) is 0 Å². The highest BCUT2D eigenvalue weighted by Gasteiger charge is 2.25. The highest BCUT2D eigenvalue weighted by atomic mass is 35.5. The normalized spacial score (nSPS) is 17.3. The number of benzene rings is 2. The van der Waals surface area contributed by atoms with Crippen LogP contribution in [0.3, 0.4) is 0 Å². The maximum absolute atomic E-state index is 11.9. The molecule has 0 saturated heterocycles. The Morgan fingerprint density at radius 3 is 2.85 bits per heavy atom. The molecule has 138 valence electrons. The van der Waals surface area contributed by atoms with E-state index in [2.05, 4.69) is 29.4 Å². The zero-order chi connectivity index (χ0) is 18.5. The van der Waals surface area contributed by atoms with E-state index in [-0.39, 0.29) is 19.1 Å². The summed E-state index contributed by atoms with van der Waals surface area (Å²) in [6, 6.07) is 14.1. The monoisotopic (exact) mass is 374 g/mol. The summed E-state index contributed by atoms with van der Waals surface area (Å²) in [5, 5.41) is 11.7. The molecule has 0 unspecified atom stereocenters. The molecule has 3 rings (SSSR count). The van der Waals surface area contributed by atoms with Crippen molar-refractivity contribution in [3.05, 3.63) is 64.2 Å². The Kier molecular flexibility index (Phi) is 6.14. The SMILES string of the molecule is CN1CCc2cc(Cl)c(OC(=O)NCCO)cc2[C@H](c2ccccc2)C1. The quantitative estimate of drug-likeness (QED) is 0.863. The predicted molar refractivity (Wildman–Crippen MR) is 102 cm³/mol. The molecule has 6 heteroatoms. The van der Waals surface area contributed by atoms with Crippen molar-refractivity contribution in [3.63, 3.8) is 0 Å². The zero-order valence-corrected chi connectivity index (χ0v) is 15.5. The van der Waals surface area contributed by atoms with Gasteiger partial charge in [-0.3, -0.25) is 0 Å². The second kappa shape index (κ2) is 8.54. The molecule has 1 heterocycles. The van der Waals surface area contributed by atoms with Crippen LogP contribution in [0, 0.1) is 0 Å². The molecule has 0 bridgehead atoms. The number of carbonyl (C=O) groups excluding carboxylic acids is 1. The van der Waals surface area contributed by atoms with E-state index in [0.717, 1.165) is 25.1 Å². The molecule has 2 aromatic carbocycles. The van der Waals surface area contributed by atoms with Gasteiger partial charge in [-0.1, -0.05) is 41.9 Å². The van der Waals surface area contributed by atoms with E-state index in [1.54, 1.807) is 0 Å². The first-order valence-corrected chi connectivity index (χ1v) is 9.08. The van der Waals surface area contributed by atoms with Gasteiger partial charge < -0.3 is 20.1 Å². The number of ether oxygens (including phenoxy) is 1. The minimum atomic E-state index is -0.622. The number of halogens is 1. The van der Waals surface area contributed by atoms with Gasteiger partial charge in [0.15, 0.2) is 5.75 Å². The lowest BCUT2D eigenvalue weighted by molar-refractivity contribution is 0.195. The fourth-order valence-electron chi connectivity index (χ4n) is 3.31. The first-order valence-electron chi connectivity index (χ1n) is 8.71. The van der Waals surface area contributed by atoms with Gasteiger partial charge in [0, 0.05) is 25.6 Å². The van der Waals surface area contributed by atoms with Crippen LogP contribution in [0.5, 0.6) is 5.75 Å². The number of hydrogen-bond donors (Lipinski definition) is 2. The van der Waals surface area contributed by atoms with Gasteiger partial charge in [0.2, 0.25) is 0 Å². The molecule has 1 aliphatic heterocycles. The maximum atomic E-state index is 11.9. The number of rotatable bonds is 4. The Balaban J connectivity index is 1.96. The van der Waals surface area contributed by atoms with Crippen LogP contribution in [0.1, 0.15) is 22.6 Å². The number of aliphatic hydroxyl groups excluding tert-OH is 1. The summed E-state index contributed by atoms with van der Waals surface area (Å²) < 4.78 is 5.36. The molecule has 0 fully saturated rings. The van der Waals surface area contributed by atoms with Crippen molar-refractivity contribution in [1.29, 1.82) is 0 Å². The summed E-state index contributed by atoms with van der Waals surface area (Å²) >= 11 is 6.35. The first-order chi connectivity index (χ1) is 12.6. The van der Waals surface area contributed by atoms with Crippen LogP contribution in [0.2, 0.25) is 5.02 Å². The van der Waals surface area contributed by atoms with E-state index in [9.17, 15) is 4.79 Å². The molecule has 2 N–H and O–H groups in total. The summed E-state index contributed by atoms with van der Waals surface area (Å²) in [6.45, 7) is 1.83. The average Bonchev–Trinajstić information content (AvgIpc) is 2.80. The number of likely N-dealkylation sites (N-methyl/N-ethyl adjacent to an activating group) is 1. The number of carbonyl (C=O) groups is 1. The van der Waals surface area contributed by atoms with Crippen molar-refractivity contribution in [2.45, 2.75) is 12.3 Å². The van der Waals surface area contributed by atoms with Crippen LogP contribution < -0.4 is 10.1 Å². The fourth-order valence-corrected chi connectivity index (χ4v) is 3.53. The number of nitrogens with one attached hydrogen (secondary N) is 1. The molecule has 1 atom stereocenters. The molecule has 0 aliphatic carbocycles. The molecule has 5 nitrogen and oxygen atoms in total. The Morgan fingerprint density at radius 2 is 2.12 bits per heavy atom. The van der Waals surface area contributed by atoms with E-state index in [4.69, 9.17) is 21.4 Å². The fraction of sp³-hybridized carbons (Fsp3) is 0.350. The Hall–Kier alpha value is -2.08. The predicted octanol–water partition coefficient (Wildman–Crippen LogP) is 3.04. The van der Waals surface area contributed by atoms with Crippen LogP contribution in [0.25, 0.3) is 0 Å². The summed E-state index contributed by atoms with van der Waals surface area (Å²) in [7, 11) is 2.11. The van der Waals surface area contributed by atoms with Crippen LogP contribution in [0.4, 0.5) is 4.79 Å². The standard InChI is InChI=1S/C20H23ClN2O3/c1-23-9-7-15-11-18(21)19(26-20(25)22-8-10-24)12-16(15)17(13-23)14-5-3-2-4-6-14/h2-6,11-12,17,24H,7-10,13H2,1H3,(H,22,25)/t17-/m0/s1. The van der Waals surface area contributed by atoms with Gasteiger partial charge in [-0.05, 0) is 42.3 Å². The first kappa shape index (κ1) is 18.7. The van der Waals surface area contributed by atoms with Gasteiger partial charge in [0.05, 0.1) is 11.6 Å². The average molecular weight is 375 g/mol. The third kappa shape index (κ3) is 4.36. The molecule has 0 aromatic heterocycles. The largest absolute Gasteiger partial charge is 0.412 e. The molecule has 1 amide bonds. The van der Waals surface area contributed by atoms with Gasteiger partial charge in [0.25, 0.3) is 0 Å². The van der Waals surface area contributed by atoms with Crippen LogP contribution in [0.15, 0.2) is 42.5 Å². The Morgan fingerprint density at radius 1 is 1.35 bits per heavy atom. The number of amides is 1. The van der Waals surface area contributed by atoms with Crippen LogP contribution in [-0.2, 0) is 6.42 Å². The third-order valence-corrected chi connectivity index (χ3v) is 4.91. The number of fused-ring (bicyclic) bond motifs is 1. The van der Waals surface area contributed by atoms with E-state index < -0.39 is 6.09 Å². The van der Waals surface area contributed by atoms with Gasteiger partial charge >= 0.3 is 6.09 Å². The highest BCUT2D eigenvalue weighted by molar-refractivity contribution is 6.32. The minimum Gasteiger partial charge on any atom is -0.409 e. The smallest absolute Gasteiger partial charge is 0.409 e. The number of nitrogens with zero attached hydrogens (tertiary/aromatic N) is 1. The Labute approximate surface area is 158 Å². The zero-order valence-electron chi connectivity index (χ0n) is 14.7. The van der Waals surface area contributed by atoms with Crippen LogP contribution >= 0.6 is 11.6 Å². The summed E-state index contributed by atoms with van der Waals surface area (Å²) in [6.07, 6.45) is 0.272. The number of aliphatic hydroxyl groups is 1. The van der Waals surface area contributed by atoms with Crippen molar-refractivity contribution in [3.8, 4) is 5.75 Å². The van der Waals surface area contributed by atoms with E-state index in [0.29, 0.717) is 10.8 Å². The van der Waals surface area contributed by atoms with Crippen molar-refractivity contribution >= 4 is 17.7 Å². The van der Waals surface area contributed by atoms with E-state index >= 15 is 0 Å². The van der Waals surface area contributed by atoms with Gasteiger partial charge in [-0.25, -0.2) is 4.79 Å². The Bertz CT molecular complexity index is 767. The summed E-state index contributed by atoms with van der Waals surface area (Å²) in [5.74, 6) is 0.519. The molecule has 0 saturated carbocycles. The van der Waals surface area contributed by atoms with E-state index in [1.165, 1.54) is 11.1 Å².